The Labute approximate surface area is 92.4 Å². The van der Waals surface area contributed by atoms with Crippen LogP contribution < -0.4 is 0 Å². The fourth-order valence-electron chi connectivity index (χ4n) is 0.945. The largest absolute Gasteiger partial charge is 0.280 e. The van der Waals surface area contributed by atoms with E-state index < -0.39 is 9.85 Å². The van der Waals surface area contributed by atoms with Crippen molar-refractivity contribution in [3.05, 3.63) is 41.5 Å². The SMILES string of the molecule is Cc1c(I)cc([N+](=O)[O-])cc1[N+](=O)[O-]. The molecular formula is C7H5IN2O4. The van der Waals surface area contributed by atoms with E-state index >= 15 is 0 Å². The maximum atomic E-state index is 10.5. The van der Waals surface area contributed by atoms with Crippen LogP contribution in [0.2, 0.25) is 0 Å². The summed E-state index contributed by atoms with van der Waals surface area (Å²) in [6.07, 6.45) is 0. The van der Waals surface area contributed by atoms with Crippen molar-refractivity contribution >= 4 is 34.0 Å². The van der Waals surface area contributed by atoms with Crippen molar-refractivity contribution in [2.75, 3.05) is 0 Å². The molecule has 0 saturated carbocycles. The van der Waals surface area contributed by atoms with Crippen LogP contribution in [0, 0.1) is 30.7 Å². The van der Waals surface area contributed by atoms with Gasteiger partial charge in [0.1, 0.15) is 0 Å². The normalized spacial score (nSPS) is 9.86. The fraction of sp³-hybridized carbons (Fsp3) is 0.143. The summed E-state index contributed by atoms with van der Waals surface area (Å²) in [5.74, 6) is 0. The van der Waals surface area contributed by atoms with Crippen LogP contribution in [-0.2, 0) is 0 Å². The summed E-state index contributed by atoms with van der Waals surface area (Å²) in [6, 6.07) is 2.28. The number of nitrogens with zero attached hydrogens (tertiary/aromatic N) is 2. The minimum atomic E-state index is -0.644. The fourth-order valence-corrected chi connectivity index (χ4v) is 1.54. The maximum Gasteiger partial charge on any atom is 0.280 e. The summed E-state index contributed by atoms with van der Waals surface area (Å²) in [7, 11) is 0. The molecule has 0 amide bonds. The Bertz CT molecular complexity index is 418. The molecule has 0 aliphatic rings. The minimum Gasteiger partial charge on any atom is -0.258 e. The molecule has 7 heteroatoms. The van der Waals surface area contributed by atoms with Gasteiger partial charge in [-0.1, -0.05) is 0 Å². The van der Waals surface area contributed by atoms with E-state index in [-0.39, 0.29) is 11.4 Å². The van der Waals surface area contributed by atoms with Gasteiger partial charge in [0.15, 0.2) is 0 Å². The lowest BCUT2D eigenvalue weighted by Gasteiger charge is -1.99. The monoisotopic (exact) mass is 308 g/mol. The first kappa shape index (κ1) is 10.8. The minimum absolute atomic E-state index is 0.219. The highest BCUT2D eigenvalue weighted by molar-refractivity contribution is 14.1. The molecular weight excluding hydrogens is 303 g/mol. The van der Waals surface area contributed by atoms with Crippen molar-refractivity contribution in [2.24, 2.45) is 0 Å². The van der Waals surface area contributed by atoms with Crippen molar-refractivity contribution in [2.45, 2.75) is 6.92 Å². The van der Waals surface area contributed by atoms with Crippen LogP contribution in [0.3, 0.4) is 0 Å². The second-order valence-electron chi connectivity index (χ2n) is 2.59. The molecule has 0 radical (unpaired) electrons. The van der Waals surface area contributed by atoms with E-state index in [1.54, 1.807) is 6.92 Å². The third kappa shape index (κ3) is 1.97. The Hall–Kier alpha value is -1.25. The predicted octanol–water partition coefficient (Wildman–Crippen LogP) is 2.42. The first-order chi connectivity index (χ1) is 6.43. The Morgan fingerprint density at radius 2 is 1.79 bits per heavy atom. The highest BCUT2D eigenvalue weighted by Gasteiger charge is 2.19. The van der Waals surface area contributed by atoms with Gasteiger partial charge in [0.05, 0.1) is 15.9 Å². The van der Waals surface area contributed by atoms with Gasteiger partial charge >= 0.3 is 0 Å². The summed E-state index contributed by atoms with van der Waals surface area (Å²) in [5.41, 5.74) is -0.0310. The summed E-state index contributed by atoms with van der Waals surface area (Å²) >= 11 is 1.83. The van der Waals surface area contributed by atoms with Gasteiger partial charge in [-0.25, -0.2) is 0 Å². The molecule has 0 aliphatic heterocycles. The zero-order valence-electron chi connectivity index (χ0n) is 7.06. The zero-order chi connectivity index (χ0) is 10.9. The van der Waals surface area contributed by atoms with E-state index in [9.17, 15) is 20.2 Å². The van der Waals surface area contributed by atoms with E-state index in [1.807, 2.05) is 22.6 Å². The molecule has 0 N–H and O–H groups in total. The smallest absolute Gasteiger partial charge is 0.258 e. The van der Waals surface area contributed by atoms with E-state index in [1.165, 1.54) is 6.07 Å². The number of nitro benzene ring substituents is 2. The molecule has 0 spiro atoms. The molecule has 0 atom stereocenters. The molecule has 0 aromatic heterocycles. The lowest BCUT2D eigenvalue weighted by atomic mass is 10.2. The number of hydrogen-bond donors (Lipinski definition) is 0. The standard InChI is InChI=1S/C7H5IN2O4/c1-4-6(8)2-5(9(11)12)3-7(4)10(13)14/h2-3H,1H3. The van der Waals surface area contributed by atoms with E-state index in [0.29, 0.717) is 9.13 Å². The predicted molar refractivity (Wildman–Crippen MR) is 57.2 cm³/mol. The summed E-state index contributed by atoms with van der Waals surface area (Å²) in [6.45, 7) is 1.56. The average Bonchev–Trinajstić information content (AvgIpc) is 2.08. The Morgan fingerprint density at radius 3 is 2.21 bits per heavy atom. The summed E-state index contributed by atoms with van der Waals surface area (Å²) in [4.78, 5) is 19.7. The maximum absolute atomic E-state index is 10.5. The third-order valence-electron chi connectivity index (χ3n) is 1.71. The number of rotatable bonds is 2. The van der Waals surface area contributed by atoms with Gasteiger partial charge < -0.3 is 0 Å². The van der Waals surface area contributed by atoms with Gasteiger partial charge in [-0.2, -0.15) is 0 Å². The molecule has 1 aromatic carbocycles. The molecule has 0 bridgehead atoms. The summed E-state index contributed by atoms with van der Waals surface area (Å²) < 4.78 is 0.517. The van der Waals surface area contributed by atoms with Crippen LogP contribution >= 0.6 is 22.6 Å². The molecule has 1 rings (SSSR count). The number of non-ortho nitro benzene ring substituents is 1. The number of benzene rings is 1. The van der Waals surface area contributed by atoms with Crippen LogP contribution in [0.1, 0.15) is 5.56 Å². The lowest BCUT2D eigenvalue weighted by Crippen LogP contribution is -1.97. The molecule has 1 aromatic rings. The molecule has 0 saturated heterocycles. The Balaban J connectivity index is 3.43. The van der Waals surface area contributed by atoms with Gasteiger partial charge in [0, 0.05) is 15.2 Å². The van der Waals surface area contributed by atoms with Gasteiger partial charge in [-0.15, -0.1) is 0 Å². The number of nitro groups is 2. The molecule has 0 fully saturated rings. The van der Waals surface area contributed by atoms with Crippen molar-refractivity contribution in [1.82, 2.24) is 0 Å². The van der Waals surface area contributed by atoms with Crippen molar-refractivity contribution < 1.29 is 9.85 Å². The average molecular weight is 308 g/mol. The topological polar surface area (TPSA) is 86.3 Å². The van der Waals surface area contributed by atoms with Crippen LogP contribution in [-0.4, -0.2) is 9.85 Å². The third-order valence-corrected chi connectivity index (χ3v) is 2.83. The highest BCUT2D eigenvalue weighted by atomic mass is 127. The van der Waals surface area contributed by atoms with Crippen molar-refractivity contribution in [1.29, 1.82) is 0 Å². The van der Waals surface area contributed by atoms with Crippen LogP contribution in [0.4, 0.5) is 11.4 Å². The van der Waals surface area contributed by atoms with Crippen molar-refractivity contribution in [3.63, 3.8) is 0 Å². The molecule has 0 unspecified atom stereocenters. The number of hydrogen-bond acceptors (Lipinski definition) is 4. The summed E-state index contributed by atoms with van der Waals surface area (Å²) in [5, 5.41) is 20.9. The molecule has 0 heterocycles. The van der Waals surface area contributed by atoms with Crippen molar-refractivity contribution in [3.8, 4) is 0 Å². The quantitative estimate of drug-likeness (QED) is 0.477. The van der Waals surface area contributed by atoms with Gasteiger partial charge in [0.25, 0.3) is 11.4 Å². The number of halogens is 1. The zero-order valence-corrected chi connectivity index (χ0v) is 9.22. The van der Waals surface area contributed by atoms with Crippen LogP contribution in [0.15, 0.2) is 12.1 Å². The second kappa shape index (κ2) is 3.86. The van der Waals surface area contributed by atoms with E-state index in [4.69, 9.17) is 0 Å². The second-order valence-corrected chi connectivity index (χ2v) is 3.75. The Kier molecular flexibility index (Phi) is 2.99. The molecule has 74 valence electrons. The molecule has 0 aliphatic carbocycles. The van der Waals surface area contributed by atoms with E-state index in [0.717, 1.165) is 6.07 Å². The molecule has 6 nitrogen and oxygen atoms in total. The molecule has 14 heavy (non-hydrogen) atoms. The lowest BCUT2D eigenvalue weighted by molar-refractivity contribution is -0.394. The highest BCUT2D eigenvalue weighted by Crippen LogP contribution is 2.28. The first-order valence-corrected chi connectivity index (χ1v) is 4.60. The van der Waals surface area contributed by atoms with Gasteiger partial charge in [-0.3, -0.25) is 20.2 Å². The van der Waals surface area contributed by atoms with Crippen LogP contribution in [0.5, 0.6) is 0 Å². The van der Waals surface area contributed by atoms with Gasteiger partial charge in [-0.05, 0) is 29.5 Å². The van der Waals surface area contributed by atoms with Gasteiger partial charge in [0.2, 0.25) is 0 Å². The first-order valence-electron chi connectivity index (χ1n) is 3.52. The van der Waals surface area contributed by atoms with E-state index in [2.05, 4.69) is 0 Å². The van der Waals surface area contributed by atoms with Crippen LogP contribution in [0.25, 0.3) is 0 Å². The Morgan fingerprint density at radius 1 is 1.21 bits per heavy atom.